The van der Waals surface area contributed by atoms with Crippen molar-refractivity contribution in [2.75, 3.05) is 18.9 Å². The van der Waals surface area contributed by atoms with Crippen molar-refractivity contribution < 1.29 is 4.79 Å². The van der Waals surface area contributed by atoms with E-state index in [2.05, 4.69) is 10.3 Å². The number of amides is 1. The van der Waals surface area contributed by atoms with Crippen LogP contribution in [0, 0.1) is 6.92 Å². The highest BCUT2D eigenvalue weighted by Gasteiger charge is 2.16. The van der Waals surface area contributed by atoms with Crippen molar-refractivity contribution in [3.05, 3.63) is 58.9 Å². The van der Waals surface area contributed by atoms with E-state index in [9.17, 15) is 4.79 Å². The Bertz CT molecular complexity index is 681. The number of benzene rings is 1. The molecule has 0 unspecified atom stereocenters. The second-order valence-electron chi connectivity index (χ2n) is 5.48. The van der Waals surface area contributed by atoms with Crippen molar-refractivity contribution in [2.45, 2.75) is 19.9 Å². The van der Waals surface area contributed by atoms with Gasteiger partial charge in [0.25, 0.3) is 5.91 Å². The van der Waals surface area contributed by atoms with Crippen LogP contribution in [0.25, 0.3) is 0 Å². The van der Waals surface area contributed by atoms with Gasteiger partial charge in [0.2, 0.25) is 0 Å². The largest absolute Gasteiger partial charge is 0.384 e. The van der Waals surface area contributed by atoms with E-state index in [1.807, 2.05) is 50.4 Å². The van der Waals surface area contributed by atoms with Crippen LogP contribution in [0.1, 0.15) is 27.3 Å². The van der Waals surface area contributed by atoms with Crippen LogP contribution in [0.15, 0.2) is 36.4 Å². The number of aromatic nitrogens is 1. The van der Waals surface area contributed by atoms with Crippen molar-refractivity contribution in [3.8, 4) is 0 Å². The summed E-state index contributed by atoms with van der Waals surface area (Å²) in [5.41, 5.74) is 5.00. The summed E-state index contributed by atoms with van der Waals surface area (Å²) in [6, 6.07) is 11.8. The van der Waals surface area contributed by atoms with Gasteiger partial charge in [0.1, 0.15) is 0 Å². The number of nitrogens with one attached hydrogen (secondary N) is 1. The highest BCUT2D eigenvalue weighted by atomic mass is 16.2. The van der Waals surface area contributed by atoms with E-state index in [4.69, 9.17) is 0 Å². The van der Waals surface area contributed by atoms with Crippen LogP contribution in [0.3, 0.4) is 0 Å². The number of rotatable bonds is 3. The summed E-state index contributed by atoms with van der Waals surface area (Å²) in [4.78, 5) is 18.7. The maximum absolute atomic E-state index is 12.5. The van der Waals surface area contributed by atoms with Gasteiger partial charge in [0.05, 0.1) is 12.2 Å². The molecule has 1 aliphatic heterocycles. The Hall–Kier alpha value is -2.36. The minimum absolute atomic E-state index is 0.0352. The van der Waals surface area contributed by atoms with Gasteiger partial charge in [-0.3, -0.25) is 9.78 Å². The first-order valence-electron chi connectivity index (χ1n) is 7.18. The molecule has 0 atom stereocenters. The lowest BCUT2D eigenvalue weighted by Gasteiger charge is -2.17. The quantitative estimate of drug-likeness (QED) is 0.940. The van der Waals surface area contributed by atoms with Crippen molar-refractivity contribution in [1.29, 1.82) is 0 Å². The molecule has 1 amide bonds. The van der Waals surface area contributed by atoms with Crippen LogP contribution >= 0.6 is 0 Å². The lowest BCUT2D eigenvalue weighted by Crippen LogP contribution is -2.26. The van der Waals surface area contributed by atoms with Crippen LogP contribution in [-0.4, -0.2) is 29.4 Å². The van der Waals surface area contributed by atoms with Gasteiger partial charge < -0.3 is 10.2 Å². The van der Waals surface area contributed by atoms with Crippen molar-refractivity contribution >= 4 is 11.6 Å². The zero-order valence-electron chi connectivity index (χ0n) is 12.4. The van der Waals surface area contributed by atoms with E-state index in [0.29, 0.717) is 6.54 Å². The van der Waals surface area contributed by atoms with Gasteiger partial charge >= 0.3 is 0 Å². The third kappa shape index (κ3) is 2.89. The Morgan fingerprint density at radius 2 is 2.19 bits per heavy atom. The fourth-order valence-electron chi connectivity index (χ4n) is 2.66. The summed E-state index contributed by atoms with van der Waals surface area (Å²) >= 11 is 0. The Kier molecular flexibility index (Phi) is 3.60. The Morgan fingerprint density at radius 1 is 1.33 bits per heavy atom. The number of fused-ring (bicyclic) bond motifs is 1. The third-order valence-electron chi connectivity index (χ3n) is 3.75. The molecule has 2 heterocycles. The van der Waals surface area contributed by atoms with E-state index in [1.54, 1.807) is 4.90 Å². The summed E-state index contributed by atoms with van der Waals surface area (Å²) in [7, 11) is 1.82. The van der Waals surface area contributed by atoms with Gasteiger partial charge in [-0.25, -0.2) is 0 Å². The topological polar surface area (TPSA) is 45.2 Å². The van der Waals surface area contributed by atoms with Gasteiger partial charge in [-0.15, -0.1) is 0 Å². The molecule has 1 N–H and O–H groups in total. The minimum atomic E-state index is 0.0352. The van der Waals surface area contributed by atoms with E-state index >= 15 is 0 Å². The zero-order valence-corrected chi connectivity index (χ0v) is 12.4. The van der Waals surface area contributed by atoms with Crippen LogP contribution in [0.5, 0.6) is 0 Å². The minimum Gasteiger partial charge on any atom is -0.384 e. The number of carbonyl (C=O) groups is 1. The number of hydrogen-bond acceptors (Lipinski definition) is 3. The van der Waals surface area contributed by atoms with Gasteiger partial charge in [0.15, 0.2) is 0 Å². The smallest absolute Gasteiger partial charge is 0.253 e. The summed E-state index contributed by atoms with van der Waals surface area (Å²) in [6.07, 6.45) is 0.986. The van der Waals surface area contributed by atoms with Gasteiger partial charge in [0, 0.05) is 30.5 Å². The van der Waals surface area contributed by atoms with E-state index in [-0.39, 0.29) is 5.91 Å². The number of carbonyl (C=O) groups excluding carboxylic acids is 1. The van der Waals surface area contributed by atoms with Gasteiger partial charge in [-0.05, 0) is 49.2 Å². The number of anilines is 1. The third-order valence-corrected chi connectivity index (χ3v) is 3.75. The maximum atomic E-state index is 12.5. The molecule has 0 saturated carbocycles. The van der Waals surface area contributed by atoms with Gasteiger partial charge in [-0.1, -0.05) is 6.07 Å². The molecule has 0 radical (unpaired) electrons. The first kappa shape index (κ1) is 13.6. The highest BCUT2D eigenvalue weighted by molar-refractivity contribution is 5.94. The van der Waals surface area contributed by atoms with Crippen LogP contribution < -0.4 is 5.32 Å². The summed E-state index contributed by atoms with van der Waals surface area (Å²) in [5, 5.41) is 3.31. The SMILES string of the molecule is Cc1cccc(CN(C)C(=O)c2ccc3c(c2)CCN3)n1. The maximum Gasteiger partial charge on any atom is 0.253 e. The molecule has 4 heteroatoms. The normalized spacial score (nSPS) is 12.7. The molecule has 0 fully saturated rings. The van der Waals surface area contributed by atoms with Crippen LogP contribution in [-0.2, 0) is 13.0 Å². The first-order valence-corrected chi connectivity index (χ1v) is 7.18. The standard InChI is InChI=1S/C17H19N3O/c1-12-4-3-5-15(19-12)11-20(2)17(21)14-6-7-16-13(10-14)8-9-18-16/h3-7,10,18H,8-9,11H2,1-2H3. The van der Waals surface area contributed by atoms with Crippen molar-refractivity contribution in [3.63, 3.8) is 0 Å². The number of pyridine rings is 1. The molecule has 4 nitrogen and oxygen atoms in total. The fourth-order valence-corrected chi connectivity index (χ4v) is 2.66. The lowest BCUT2D eigenvalue weighted by atomic mass is 10.1. The van der Waals surface area contributed by atoms with E-state index < -0.39 is 0 Å². The molecule has 0 aliphatic carbocycles. The summed E-state index contributed by atoms with van der Waals surface area (Å²) < 4.78 is 0. The molecule has 1 aliphatic rings. The molecule has 108 valence electrons. The summed E-state index contributed by atoms with van der Waals surface area (Å²) in [6.45, 7) is 3.44. The van der Waals surface area contributed by atoms with Crippen LogP contribution in [0.4, 0.5) is 5.69 Å². The second kappa shape index (κ2) is 5.56. The van der Waals surface area contributed by atoms with Crippen LogP contribution in [0.2, 0.25) is 0 Å². The fraction of sp³-hybridized carbons (Fsp3) is 0.294. The zero-order chi connectivity index (χ0) is 14.8. The number of nitrogens with zero attached hydrogens (tertiary/aromatic N) is 2. The average molecular weight is 281 g/mol. The molecule has 1 aromatic heterocycles. The molecule has 0 saturated heterocycles. The molecular weight excluding hydrogens is 262 g/mol. The lowest BCUT2D eigenvalue weighted by molar-refractivity contribution is 0.0783. The molecular formula is C17H19N3O. The molecule has 3 rings (SSSR count). The number of hydrogen-bond donors (Lipinski definition) is 1. The van der Waals surface area contributed by atoms with Crippen molar-refractivity contribution in [2.24, 2.45) is 0 Å². The Labute approximate surface area is 124 Å². The van der Waals surface area contributed by atoms with Crippen molar-refractivity contribution in [1.82, 2.24) is 9.88 Å². The Balaban J connectivity index is 1.75. The molecule has 21 heavy (non-hydrogen) atoms. The monoisotopic (exact) mass is 281 g/mol. The molecule has 0 bridgehead atoms. The van der Waals surface area contributed by atoms with E-state index in [0.717, 1.165) is 35.6 Å². The first-order chi connectivity index (χ1) is 10.1. The predicted octanol–water partition coefficient (Wildman–Crippen LogP) is 2.63. The van der Waals surface area contributed by atoms with E-state index in [1.165, 1.54) is 5.56 Å². The molecule has 0 spiro atoms. The second-order valence-corrected chi connectivity index (χ2v) is 5.48. The van der Waals surface area contributed by atoms with Gasteiger partial charge in [-0.2, -0.15) is 0 Å². The molecule has 2 aromatic rings. The number of aryl methyl sites for hydroxylation is 1. The summed E-state index contributed by atoms with van der Waals surface area (Å²) in [5.74, 6) is 0.0352. The molecule has 1 aromatic carbocycles. The predicted molar refractivity (Wildman–Crippen MR) is 83.4 cm³/mol. The average Bonchev–Trinajstić information content (AvgIpc) is 2.93. The highest BCUT2D eigenvalue weighted by Crippen LogP contribution is 2.23. The Morgan fingerprint density at radius 3 is 3.00 bits per heavy atom.